The lowest BCUT2D eigenvalue weighted by molar-refractivity contribution is 0.0754. The Morgan fingerprint density at radius 1 is 0.364 bits per heavy atom. The summed E-state index contributed by atoms with van der Waals surface area (Å²) in [6.07, 6.45) is 20.4. The van der Waals surface area contributed by atoms with Crippen molar-refractivity contribution in [3.8, 4) is 50.2 Å². The first-order valence-electron chi connectivity index (χ1n) is 41.4. The van der Waals surface area contributed by atoms with Crippen molar-refractivity contribution in [3.63, 3.8) is 0 Å². The average Bonchev–Trinajstić information content (AvgIpc) is 1.79. The fourth-order valence-electron chi connectivity index (χ4n) is 16.5. The van der Waals surface area contributed by atoms with Crippen LogP contribution in [-0.4, -0.2) is 108 Å². The molecule has 21 nitrogen and oxygen atoms in total. The van der Waals surface area contributed by atoms with Crippen molar-refractivity contribution >= 4 is 62.9 Å². The SMILES string of the molecule is Cc1cc(-c2ccc(CN3Cc4cccnc4C3=O)c(F)c2)cnc1Cl.Cn1cc2c(-c3ccc(CN4Cc5cccnc5C4=O)c(F)c3)cccc2n1.Cn1ccc2cc(-c3ccc(CN4Cc5ncccc5C4=O)c(F)c3)ccc21.O=C1c2ccccc2CN1Cc1ccc(-n2ccnc2)cc1F.O=C1c2ncccc2CN1Cc1ccc(-c2cccnc2)cc1F. The van der Waals surface area contributed by atoms with Crippen molar-refractivity contribution in [1.82, 2.24) is 78.3 Å². The number of pyridine rings is 6. The average molecular weight is 1740 g/mol. The van der Waals surface area contributed by atoms with Gasteiger partial charge in [-0.1, -0.05) is 127 Å². The van der Waals surface area contributed by atoms with E-state index in [0.717, 1.165) is 99.8 Å². The predicted molar refractivity (Wildman–Crippen MR) is 478 cm³/mol. The Labute approximate surface area is 742 Å². The Hall–Kier alpha value is -15.8. The normalized spacial score (nSPS) is 13.3. The molecule has 0 fully saturated rings. The molecule has 0 saturated carbocycles. The van der Waals surface area contributed by atoms with Gasteiger partial charge in [0.1, 0.15) is 51.3 Å². The minimum Gasteiger partial charge on any atom is -0.351 e. The minimum absolute atomic E-state index is 0.0429. The number of carbonyl (C=O) groups is 5. The molecule has 5 aliphatic heterocycles. The Morgan fingerprint density at radius 2 is 0.829 bits per heavy atom. The van der Waals surface area contributed by atoms with E-state index in [4.69, 9.17) is 11.6 Å². The summed E-state index contributed by atoms with van der Waals surface area (Å²) in [5.74, 6) is -2.24. The van der Waals surface area contributed by atoms with Crippen LogP contribution in [0.3, 0.4) is 0 Å². The van der Waals surface area contributed by atoms with E-state index in [-0.39, 0.29) is 91.3 Å². The second-order valence-electron chi connectivity index (χ2n) is 31.8. The molecule has 5 amide bonds. The van der Waals surface area contributed by atoms with Gasteiger partial charge in [-0.3, -0.25) is 53.6 Å². The molecule has 8 aromatic carbocycles. The van der Waals surface area contributed by atoms with Crippen LogP contribution in [0.5, 0.6) is 0 Å². The topological polar surface area (TPSA) is 219 Å². The van der Waals surface area contributed by atoms with E-state index >= 15 is 0 Å². The minimum atomic E-state index is -0.355. The molecule has 129 heavy (non-hydrogen) atoms. The molecule has 22 rings (SSSR count). The first-order chi connectivity index (χ1) is 62.7. The van der Waals surface area contributed by atoms with Crippen LogP contribution in [0.15, 0.2) is 299 Å². The van der Waals surface area contributed by atoms with Crippen LogP contribution in [0.1, 0.15) is 114 Å². The number of aryl methyl sites for hydroxylation is 3. The molecule has 0 radical (unpaired) electrons. The lowest BCUT2D eigenvalue weighted by Crippen LogP contribution is -2.24. The van der Waals surface area contributed by atoms with Crippen molar-refractivity contribution in [2.24, 2.45) is 14.1 Å². The van der Waals surface area contributed by atoms with Crippen molar-refractivity contribution < 1.29 is 45.9 Å². The molecule has 0 bridgehead atoms. The standard InChI is InChI=1S/C23H18FN3O.C22H17FN4O.C20H15ClFN3O.C19H14FN3O.C18H14FN3O/c1-26-10-8-17-11-15(6-7-22(17)26)16-4-5-18(20(24)12-16)13-27-14-21-19(23(27)28)3-2-9-25-21;1-26-13-18-17(5-2-6-20(18)25-26)14-7-8-15(19(23)10-14)11-27-12-16-4-3-9-24-21(16)22(27)28;1-12-7-16(9-24-19(12)21)13-4-5-14(17(22)8-13)10-25-11-15-3-2-6-23-18(15)20(25)26;20-17-9-13(14-3-1-7-21-10-14)5-6-15(17)11-23-12-16-4-2-8-22-18(16)19(23)24;19-17-9-15(21-8-7-20-12-21)6-5-14(17)11-22-10-13-3-1-2-4-16(13)18(22)23/h2-12H,13-14H2,1H3;2-10,13H,11-12H2,1H3;2-9H,10-11H2,1H3;1-10H,11-12H2;1-9,12H,10-11H2. The van der Waals surface area contributed by atoms with E-state index in [1.165, 1.54) is 24.3 Å². The molecule has 5 aliphatic rings. The fraction of sp³-hybridized carbons (Fsp3) is 0.127. The third-order valence-corrected chi connectivity index (χ3v) is 23.7. The molecule has 27 heteroatoms. The fourth-order valence-corrected chi connectivity index (χ4v) is 16.6. The number of carbonyl (C=O) groups excluding carboxylic acids is 5. The van der Waals surface area contributed by atoms with Gasteiger partial charge >= 0.3 is 0 Å². The van der Waals surface area contributed by atoms with Crippen LogP contribution in [0.25, 0.3) is 72.0 Å². The first-order valence-corrected chi connectivity index (χ1v) is 41.8. The number of hydrogen-bond donors (Lipinski definition) is 0. The highest BCUT2D eigenvalue weighted by atomic mass is 35.5. The van der Waals surface area contributed by atoms with Crippen molar-refractivity contribution in [2.75, 3.05) is 0 Å². The van der Waals surface area contributed by atoms with Gasteiger partial charge in [-0.25, -0.2) is 31.9 Å². The van der Waals surface area contributed by atoms with Crippen LogP contribution >= 0.6 is 11.6 Å². The summed E-state index contributed by atoms with van der Waals surface area (Å²) in [6, 6.07) is 67.1. The molecular formula is C102H78ClF5N16O5. The molecule has 0 saturated heterocycles. The third kappa shape index (κ3) is 17.9. The van der Waals surface area contributed by atoms with Gasteiger partial charge in [-0.15, -0.1) is 0 Å². The van der Waals surface area contributed by atoms with Crippen LogP contribution in [0, 0.1) is 36.0 Å². The van der Waals surface area contributed by atoms with E-state index in [0.29, 0.717) is 99.6 Å². The molecule has 638 valence electrons. The number of hydrogen-bond acceptors (Lipinski definition) is 13. The molecule has 0 atom stereocenters. The van der Waals surface area contributed by atoms with Crippen molar-refractivity contribution in [1.29, 1.82) is 0 Å². The summed E-state index contributed by atoms with van der Waals surface area (Å²) in [5.41, 5.74) is 19.8. The van der Waals surface area contributed by atoms with Crippen LogP contribution in [-0.2, 0) is 79.5 Å². The smallest absolute Gasteiger partial charge is 0.273 e. The van der Waals surface area contributed by atoms with Crippen molar-refractivity contribution in [2.45, 2.75) is 72.4 Å². The molecule has 17 aromatic rings. The van der Waals surface area contributed by atoms with Gasteiger partial charge in [-0.05, 0) is 161 Å². The Kier molecular flexibility index (Phi) is 23.7. The van der Waals surface area contributed by atoms with Gasteiger partial charge in [0, 0.05) is 224 Å². The van der Waals surface area contributed by atoms with Gasteiger partial charge in [0.05, 0.1) is 29.6 Å². The Balaban J connectivity index is 0.000000109. The lowest BCUT2D eigenvalue weighted by Gasteiger charge is -2.16. The van der Waals surface area contributed by atoms with E-state index in [2.05, 4.69) is 50.6 Å². The van der Waals surface area contributed by atoms with Crippen LogP contribution in [0.4, 0.5) is 22.0 Å². The zero-order chi connectivity index (χ0) is 89.1. The van der Waals surface area contributed by atoms with Gasteiger partial charge < -0.3 is 33.6 Å². The van der Waals surface area contributed by atoms with E-state index in [1.807, 2.05) is 167 Å². The third-order valence-electron chi connectivity index (χ3n) is 23.3. The lowest BCUT2D eigenvalue weighted by atomic mass is 10.00. The molecule has 0 aliphatic carbocycles. The molecule has 14 heterocycles. The monoisotopic (exact) mass is 1740 g/mol. The Morgan fingerprint density at radius 3 is 1.36 bits per heavy atom. The van der Waals surface area contributed by atoms with E-state index in [9.17, 15) is 45.9 Å². The largest absolute Gasteiger partial charge is 0.351 e. The maximum absolute atomic E-state index is 14.9. The predicted octanol–water partition coefficient (Wildman–Crippen LogP) is 19.5. The summed E-state index contributed by atoms with van der Waals surface area (Å²) < 4.78 is 78.7. The quantitative estimate of drug-likeness (QED) is 0.0689. The van der Waals surface area contributed by atoms with Gasteiger partial charge in [0.25, 0.3) is 29.5 Å². The molecule has 0 N–H and O–H groups in total. The highest BCUT2D eigenvalue weighted by Gasteiger charge is 2.34. The number of aromatic nitrogens is 11. The number of benzene rings is 8. The maximum atomic E-state index is 14.9. The van der Waals surface area contributed by atoms with Gasteiger partial charge in [0.15, 0.2) is 0 Å². The number of nitrogens with zero attached hydrogens (tertiary/aromatic N) is 16. The van der Waals surface area contributed by atoms with Gasteiger partial charge in [0.2, 0.25) is 0 Å². The molecule has 9 aromatic heterocycles. The summed E-state index contributed by atoms with van der Waals surface area (Å²) in [6.45, 7) is 5.33. The van der Waals surface area contributed by atoms with Gasteiger partial charge in [-0.2, -0.15) is 5.10 Å². The second kappa shape index (κ2) is 36.4. The van der Waals surface area contributed by atoms with Crippen LogP contribution in [0.2, 0.25) is 5.15 Å². The maximum Gasteiger partial charge on any atom is 0.273 e. The van der Waals surface area contributed by atoms with E-state index in [1.54, 1.807) is 157 Å². The number of halogens is 6. The summed E-state index contributed by atoms with van der Waals surface area (Å²) >= 11 is 5.94. The van der Waals surface area contributed by atoms with Crippen LogP contribution < -0.4 is 0 Å². The number of amides is 5. The van der Waals surface area contributed by atoms with E-state index < -0.39 is 0 Å². The zero-order valence-corrected chi connectivity index (χ0v) is 70.6. The number of fused-ring (bicyclic) bond motifs is 7. The molecule has 0 unspecified atom stereocenters. The zero-order valence-electron chi connectivity index (χ0n) is 69.8. The second-order valence-corrected chi connectivity index (χ2v) is 32.1. The molecule has 0 spiro atoms. The Bertz CT molecular complexity index is 7230. The highest BCUT2D eigenvalue weighted by Crippen LogP contribution is 2.36. The number of imidazole rings is 1. The highest BCUT2D eigenvalue weighted by molar-refractivity contribution is 6.30. The first kappa shape index (κ1) is 84.0. The van der Waals surface area contributed by atoms with Crippen molar-refractivity contribution in [3.05, 3.63) is 423 Å². The summed E-state index contributed by atoms with van der Waals surface area (Å²) in [7, 11) is 3.87. The summed E-state index contributed by atoms with van der Waals surface area (Å²) in [4.78, 5) is 98.9. The number of rotatable bonds is 15. The molecular weight excluding hydrogens is 1660 g/mol. The summed E-state index contributed by atoms with van der Waals surface area (Å²) in [5, 5.41) is 6.95.